The number of carbonyl (C=O) groups excluding carboxylic acids is 2. The SMILES string of the molecule is O=C(CCN1C(=O)/C(=C\c2ccc3c(c2)OCO3)SC1=S)N1C[C@H]2C[C@@H](C1)c1cccc(=O)n1C2. The second kappa shape index (κ2) is 8.83. The Morgan fingerprint density at radius 2 is 1.97 bits per heavy atom. The Kier molecular flexibility index (Phi) is 5.64. The van der Waals surface area contributed by atoms with Gasteiger partial charge in [0, 0.05) is 50.3 Å². The highest BCUT2D eigenvalue weighted by Crippen LogP contribution is 2.37. The zero-order valence-corrected chi connectivity index (χ0v) is 20.5. The molecule has 180 valence electrons. The van der Waals surface area contributed by atoms with Crippen LogP contribution in [-0.2, 0) is 16.1 Å². The quantitative estimate of drug-likeness (QED) is 0.463. The summed E-state index contributed by atoms with van der Waals surface area (Å²) in [5.41, 5.74) is 1.86. The van der Waals surface area contributed by atoms with E-state index in [1.807, 2.05) is 33.7 Å². The summed E-state index contributed by atoms with van der Waals surface area (Å²) in [7, 11) is 0. The third-order valence-electron chi connectivity index (χ3n) is 6.95. The van der Waals surface area contributed by atoms with Crippen LogP contribution < -0.4 is 15.0 Å². The summed E-state index contributed by atoms with van der Waals surface area (Å²) in [6, 6.07) is 10.9. The first-order valence-electron chi connectivity index (χ1n) is 11.6. The Balaban J connectivity index is 1.10. The number of likely N-dealkylation sites (tertiary alicyclic amines) is 1. The van der Waals surface area contributed by atoms with Crippen molar-refractivity contribution in [1.82, 2.24) is 14.4 Å². The molecule has 2 fully saturated rings. The minimum absolute atomic E-state index is 0.0141. The number of benzene rings is 1. The van der Waals surface area contributed by atoms with Gasteiger partial charge < -0.3 is 18.9 Å². The van der Waals surface area contributed by atoms with Gasteiger partial charge in [-0.15, -0.1) is 0 Å². The van der Waals surface area contributed by atoms with Gasteiger partial charge in [-0.05, 0) is 42.2 Å². The molecule has 35 heavy (non-hydrogen) atoms. The van der Waals surface area contributed by atoms with Gasteiger partial charge in [-0.1, -0.05) is 36.1 Å². The summed E-state index contributed by atoms with van der Waals surface area (Å²) >= 11 is 6.69. The third-order valence-corrected chi connectivity index (χ3v) is 8.33. The summed E-state index contributed by atoms with van der Waals surface area (Å²) in [5.74, 6) is 1.60. The lowest BCUT2D eigenvalue weighted by atomic mass is 9.83. The summed E-state index contributed by atoms with van der Waals surface area (Å²) in [5, 5.41) is 0. The van der Waals surface area contributed by atoms with E-state index in [0.717, 1.165) is 17.7 Å². The van der Waals surface area contributed by atoms with Crippen LogP contribution in [0, 0.1) is 5.92 Å². The van der Waals surface area contributed by atoms with Crippen molar-refractivity contribution in [3.05, 3.63) is 62.9 Å². The Morgan fingerprint density at radius 3 is 2.86 bits per heavy atom. The molecular weight excluding hydrogens is 486 g/mol. The summed E-state index contributed by atoms with van der Waals surface area (Å²) in [6.45, 7) is 2.33. The van der Waals surface area contributed by atoms with Gasteiger partial charge in [-0.2, -0.15) is 0 Å². The molecule has 0 spiro atoms. The molecule has 4 aliphatic heterocycles. The highest BCUT2D eigenvalue weighted by Gasteiger charge is 2.37. The van der Waals surface area contributed by atoms with E-state index in [1.165, 1.54) is 16.7 Å². The predicted molar refractivity (Wildman–Crippen MR) is 135 cm³/mol. The van der Waals surface area contributed by atoms with Crippen LogP contribution >= 0.6 is 24.0 Å². The van der Waals surface area contributed by atoms with Crippen LogP contribution in [0.25, 0.3) is 6.08 Å². The molecule has 1 aromatic carbocycles. The number of rotatable bonds is 4. The Hall–Kier alpha value is -3.11. The number of thioether (sulfide) groups is 1. The highest BCUT2D eigenvalue weighted by atomic mass is 32.2. The van der Waals surface area contributed by atoms with E-state index >= 15 is 0 Å². The van der Waals surface area contributed by atoms with Crippen molar-refractivity contribution in [2.45, 2.75) is 25.3 Å². The van der Waals surface area contributed by atoms with E-state index in [9.17, 15) is 14.4 Å². The summed E-state index contributed by atoms with van der Waals surface area (Å²) in [6.07, 6.45) is 2.99. The van der Waals surface area contributed by atoms with Gasteiger partial charge in [0.1, 0.15) is 4.32 Å². The lowest BCUT2D eigenvalue weighted by molar-refractivity contribution is -0.134. The Morgan fingerprint density at radius 1 is 1.11 bits per heavy atom. The van der Waals surface area contributed by atoms with Gasteiger partial charge in [-0.3, -0.25) is 19.3 Å². The van der Waals surface area contributed by atoms with Crippen LogP contribution in [-0.4, -0.2) is 56.9 Å². The first kappa shape index (κ1) is 22.4. The van der Waals surface area contributed by atoms with Gasteiger partial charge in [0.05, 0.1) is 4.91 Å². The standard InChI is InChI=1S/C25H23N3O5S2/c29-22(26-11-16-8-17(13-26)18-2-1-3-23(30)28(18)12-16)6-7-27-24(31)21(35-25(27)34)10-15-4-5-19-20(9-15)33-14-32-19/h1-5,9-10,16-17H,6-8,11-14H2/b21-10+/t16-,17+/m1/s1. The molecule has 0 radical (unpaired) electrons. The van der Waals surface area contributed by atoms with Crippen LogP contribution in [0.5, 0.6) is 11.5 Å². The predicted octanol–water partition coefficient (Wildman–Crippen LogP) is 2.81. The van der Waals surface area contributed by atoms with Crippen LogP contribution in [0.2, 0.25) is 0 Å². The van der Waals surface area contributed by atoms with Crippen LogP contribution in [0.1, 0.15) is 30.0 Å². The van der Waals surface area contributed by atoms with E-state index in [-0.39, 0.29) is 49.0 Å². The number of nitrogens with zero attached hydrogens (tertiary/aromatic N) is 3. The number of hydrogen-bond acceptors (Lipinski definition) is 7. The lowest BCUT2D eigenvalue weighted by Gasteiger charge is -2.42. The van der Waals surface area contributed by atoms with Gasteiger partial charge in [-0.25, -0.2) is 0 Å². The molecule has 0 N–H and O–H groups in total. The molecule has 4 aliphatic rings. The molecule has 8 nitrogen and oxygen atoms in total. The number of ether oxygens (including phenoxy) is 2. The van der Waals surface area contributed by atoms with Crippen LogP contribution in [0.3, 0.4) is 0 Å². The summed E-state index contributed by atoms with van der Waals surface area (Å²) in [4.78, 5) is 42.2. The maximum absolute atomic E-state index is 13.1. The van der Waals surface area contributed by atoms with Crippen LogP contribution in [0.4, 0.5) is 0 Å². The summed E-state index contributed by atoms with van der Waals surface area (Å²) < 4.78 is 13.1. The van der Waals surface area contributed by atoms with E-state index in [0.29, 0.717) is 40.4 Å². The second-order valence-corrected chi connectivity index (χ2v) is 10.9. The minimum atomic E-state index is -0.186. The molecule has 0 aliphatic carbocycles. The molecule has 0 saturated carbocycles. The molecule has 5 heterocycles. The Labute approximate surface area is 211 Å². The average molecular weight is 510 g/mol. The van der Waals surface area contributed by atoms with E-state index in [1.54, 1.807) is 18.2 Å². The van der Waals surface area contributed by atoms with Gasteiger partial charge in [0.15, 0.2) is 11.5 Å². The average Bonchev–Trinajstić information content (AvgIpc) is 3.42. The molecule has 2 amide bonds. The first-order chi connectivity index (χ1) is 17.0. The molecule has 0 unspecified atom stereocenters. The number of amides is 2. The van der Waals surface area contributed by atoms with E-state index in [4.69, 9.17) is 21.7 Å². The fourth-order valence-corrected chi connectivity index (χ4v) is 6.62. The topological polar surface area (TPSA) is 81.1 Å². The fourth-order valence-electron chi connectivity index (χ4n) is 5.31. The maximum Gasteiger partial charge on any atom is 0.266 e. The molecule has 2 saturated heterocycles. The van der Waals surface area contributed by atoms with Crippen molar-refractivity contribution in [1.29, 1.82) is 0 Å². The molecule has 10 heteroatoms. The van der Waals surface area contributed by atoms with Gasteiger partial charge in [0.25, 0.3) is 11.5 Å². The number of pyridine rings is 1. The number of carbonyl (C=O) groups is 2. The number of piperidine rings is 1. The van der Waals surface area contributed by atoms with Gasteiger partial charge in [0.2, 0.25) is 12.7 Å². The lowest BCUT2D eigenvalue weighted by Crippen LogP contribution is -2.49. The molecule has 2 bridgehead atoms. The molecule has 2 atom stereocenters. The first-order valence-corrected chi connectivity index (χ1v) is 12.8. The van der Waals surface area contributed by atoms with E-state index < -0.39 is 0 Å². The smallest absolute Gasteiger partial charge is 0.266 e. The van der Waals surface area contributed by atoms with Gasteiger partial charge >= 0.3 is 0 Å². The third kappa shape index (κ3) is 4.14. The van der Waals surface area contributed by atoms with E-state index in [2.05, 4.69) is 0 Å². The van der Waals surface area contributed by atoms with Crippen molar-refractivity contribution in [3.63, 3.8) is 0 Å². The van der Waals surface area contributed by atoms with Crippen LogP contribution in [0.15, 0.2) is 46.1 Å². The van der Waals surface area contributed by atoms with Crippen molar-refractivity contribution < 1.29 is 19.1 Å². The molecular formula is C25H23N3O5S2. The number of thiocarbonyl (C=S) groups is 1. The fraction of sp³-hybridized carbons (Fsp3) is 0.360. The Bertz CT molecular complexity index is 1340. The largest absolute Gasteiger partial charge is 0.454 e. The second-order valence-electron chi connectivity index (χ2n) is 9.19. The van der Waals surface area contributed by atoms with Crippen molar-refractivity contribution >= 4 is 46.2 Å². The normalized spacial score (nSPS) is 23.7. The number of hydrogen-bond donors (Lipinski definition) is 0. The monoisotopic (exact) mass is 509 g/mol. The molecule has 2 aromatic rings. The van der Waals surface area contributed by atoms with Crippen molar-refractivity contribution in [3.8, 4) is 11.5 Å². The molecule has 6 rings (SSSR count). The number of fused-ring (bicyclic) bond motifs is 5. The minimum Gasteiger partial charge on any atom is -0.454 e. The molecule has 1 aromatic heterocycles. The maximum atomic E-state index is 13.1. The highest BCUT2D eigenvalue weighted by molar-refractivity contribution is 8.26. The van der Waals surface area contributed by atoms with Crippen molar-refractivity contribution in [2.75, 3.05) is 26.4 Å². The zero-order valence-electron chi connectivity index (χ0n) is 18.8. The zero-order chi connectivity index (χ0) is 24.1. The van der Waals surface area contributed by atoms with Crippen molar-refractivity contribution in [2.24, 2.45) is 5.92 Å². The number of aromatic nitrogens is 1.